The summed E-state index contributed by atoms with van der Waals surface area (Å²) in [5.74, 6) is 0.375. The first kappa shape index (κ1) is 22.2. The minimum Gasteiger partial charge on any atom is -0.493 e. The summed E-state index contributed by atoms with van der Waals surface area (Å²) in [6.45, 7) is -0.00551. The Bertz CT molecular complexity index is 1280. The zero-order valence-corrected chi connectivity index (χ0v) is 18.1. The van der Waals surface area contributed by atoms with Gasteiger partial charge in [-0.05, 0) is 52.4 Å². The summed E-state index contributed by atoms with van der Waals surface area (Å²) in [6.07, 6.45) is 2.72. The minimum absolute atomic E-state index is 0.00551. The highest BCUT2D eigenvalue weighted by atomic mass is 127. The maximum absolute atomic E-state index is 13.8. The molecule has 31 heavy (non-hydrogen) atoms. The van der Waals surface area contributed by atoms with Crippen LogP contribution in [0.1, 0.15) is 16.8 Å². The predicted molar refractivity (Wildman–Crippen MR) is 120 cm³/mol. The van der Waals surface area contributed by atoms with Crippen molar-refractivity contribution in [2.24, 2.45) is 0 Å². The van der Waals surface area contributed by atoms with Gasteiger partial charge < -0.3 is 14.5 Å². The second kappa shape index (κ2) is 9.55. The quantitative estimate of drug-likeness (QED) is 0.269. The molecule has 160 valence electrons. The molecule has 0 aliphatic heterocycles. The third-order valence-electron chi connectivity index (χ3n) is 4.15. The van der Waals surface area contributed by atoms with Crippen LogP contribution in [0.3, 0.4) is 0 Å². The predicted octanol–water partition coefficient (Wildman–Crippen LogP) is 3.47. The van der Waals surface area contributed by atoms with Crippen LogP contribution in [-0.2, 0) is 6.61 Å². The smallest absolute Gasteiger partial charge is 0.357 e. The maximum atomic E-state index is 13.8. The number of methoxy groups -OCH3 is 1. The van der Waals surface area contributed by atoms with E-state index in [0.29, 0.717) is 26.2 Å². The van der Waals surface area contributed by atoms with Gasteiger partial charge in [0.15, 0.2) is 11.5 Å². The number of ether oxygens (including phenoxy) is 2. The van der Waals surface area contributed by atoms with Crippen molar-refractivity contribution in [1.82, 2.24) is 9.97 Å². The Kier molecular flexibility index (Phi) is 6.84. The Hall–Kier alpha value is -3.48. The summed E-state index contributed by atoms with van der Waals surface area (Å²) < 4.78 is 25.6. The van der Waals surface area contributed by atoms with Crippen molar-refractivity contribution < 1.29 is 18.8 Å². The van der Waals surface area contributed by atoms with E-state index in [1.54, 1.807) is 30.3 Å². The van der Waals surface area contributed by atoms with Gasteiger partial charge in [-0.15, -0.1) is 0 Å². The molecule has 3 rings (SSSR count). The Balaban J connectivity index is 1.92. The van der Waals surface area contributed by atoms with Crippen molar-refractivity contribution in [3.8, 4) is 11.5 Å². The van der Waals surface area contributed by atoms with Crippen LogP contribution in [0, 0.1) is 19.5 Å². The third-order valence-corrected chi connectivity index (χ3v) is 4.95. The van der Waals surface area contributed by atoms with Gasteiger partial charge >= 0.3 is 16.9 Å². The van der Waals surface area contributed by atoms with Gasteiger partial charge in [-0.2, -0.15) is 0 Å². The van der Waals surface area contributed by atoms with E-state index >= 15 is 0 Å². The van der Waals surface area contributed by atoms with E-state index in [2.05, 4.69) is 4.98 Å². The highest BCUT2D eigenvalue weighted by molar-refractivity contribution is 14.1. The van der Waals surface area contributed by atoms with E-state index in [1.165, 1.54) is 25.3 Å². The molecule has 2 N–H and O–H groups in total. The van der Waals surface area contributed by atoms with Crippen LogP contribution in [0.15, 0.2) is 46.0 Å². The summed E-state index contributed by atoms with van der Waals surface area (Å²) in [4.78, 5) is 37.5. The zero-order valence-electron chi connectivity index (χ0n) is 16.0. The number of H-pyrrole nitrogens is 2. The van der Waals surface area contributed by atoms with Gasteiger partial charge in [0.25, 0.3) is 0 Å². The number of aromatic nitrogens is 2. The molecule has 0 fully saturated rings. The average molecular weight is 539 g/mol. The third kappa shape index (κ3) is 5.17. The summed E-state index contributed by atoms with van der Waals surface area (Å²) in [6, 6.07) is 9.55. The Morgan fingerprint density at radius 1 is 1.19 bits per heavy atom. The van der Waals surface area contributed by atoms with Crippen LogP contribution < -0.4 is 20.7 Å². The van der Waals surface area contributed by atoms with Gasteiger partial charge in [0.2, 0.25) is 0 Å². The van der Waals surface area contributed by atoms with E-state index in [-0.39, 0.29) is 18.1 Å². The van der Waals surface area contributed by atoms with Gasteiger partial charge in [0.1, 0.15) is 18.1 Å². The van der Waals surface area contributed by atoms with E-state index in [4.69, 9.17) is 9.47 Å². The molecular formula is C20H15FIN3O6. The fraction of sp³-hybridized carbons (Fsp3) is 0.100. The van der Waals surface area contributed by atoms with Gasteiger partial charge in [-0.3, -0.25) is 19.9 Å². The van der Waals surface area contributed by atoms with Crippen molar-refractivity contribution in [3.63, 3.8) is 0 Å². The second-order valence-electron chi connectivity index (χ2n) is 6.18. The zero-order chi connectivity index (χ0) is 22.5. The molecule has 0 saturated carbocycles. The molecule has 11 heteroatoms. The Labute approximate surface area is 187 Å². The first-order chi connectivity index (χ1) is 14.8. The van der Waals surface area contributed by atoms with Crippen LogP contribution in [0.2, 0.25) is 0 Å². The summed E-state index contributed by atoms with van der Waals surface area (Å²) in [5, 5.41) is 11.1. The first-order valence-corrected chi connectivity index (χ1v) is 9.81. The summed E-state index contributed by atoms with van der Waals surface area (Å²) in [5.41, 5.74) is -2.03. The summed E-state index contributed by atoms with van der Waals surface area (Å²) >= 11 is 2.02. The highest BCUT2D eigenvalue weighted by Gasteiger charge is 2.19. The number of nitrogens with one attached hydrogen (secondary N) is 2. The average Bonchev–Trinajstić information content (AvgIpc) is 2.71. The molecule has 0 bridgehead atoms. The second-order valence-corrected chi connectivity index (χ2v) is 7.34. The monoisotopic (exact) mass is 539 g/mol. The lowest BCUT2D eigenvalue weighted by Gasteiger charge is -2.14. The van der Waals surface area contributed by atoms with Gasteiger partial charge in [0, 0.05) is 5.56 Å². The van der Waals surface area contributed by atoms with Crippen molar-refractivity contribution in [1.29, 1.82) is 0 Å². The molecule has 0 atom stereocenters. The van der Waals surface area contributed by atoms with Crippen LogP contribution >= 0.6 is 22.6 Å². The molecule has 3 aromatic rings. The fourth-order valence-electron chi connectivity index (χ4n) is 2.72. The van der Waals surface area contributed by atoms with E-state index in [0.717, 1.165) is 0 Å². The molecule has 0 aliphatic rings. The Morgan fingerprint density at radius 2 is 1.94 bits per heavy atom. The highest BCUT2D eigenvalue weighted by Crippen LogP contribution is 2.35. The van der Waals surface area contributed by atoms with Crippen LogP contribution in [0.4, 0.5) is 10.1 Å². The van der Waals surface area contributed by atoms with Gasteiger partial charge in [0.05, 0.1) is 15.6 Å². The number of rotatable bonds is 7. The lowest BCUT2D eigenvalue weighted by atomic mass is 10.1. The van der Waals surface area contributed by atoms with Crippen LogP contribution in [0.25, 0.3) is 12.2 Å². The van der Waals surface area contributed by atoms with Crippen LogP contribution in [0.5, 0.6) is 11.5 Å². The van der Waals surface area contributed by atoms with E-state index < -0.39 is 21.9 Å². The maximum Gasteiger partial charge on any atom is 0.357 e. The number of benzene rings is 2. The number of hydrogen-bond acceptors (Lipinski definition) is 6. The van der Waals surface area contributed by atoms with Crippen molar-refractivity contribution in [2.45, 2.75) is 6.61 Å². The molecule has 0 radical (unpaired) electrons. The summed E-state index contributed by atoms with van der Waals surface area (Å²) in [7, 11) is 1.44. The van der Waals surface area contributed by atoms with Crippen LogP contribution in [-0.4, -0.2) is 22.0 Å². The molecule has 9 nitrogen and oxygen atoms in total. The minimum atomic E-state index is -1.10. The molecule has 1 aromatic heterocycles. The number of halogens is 2. The topological polar surface area (TPSA) is 127 Å². The first-order valence-electron chi connectivity index (χ1n) is 8.73. The lowest BCUT2D eigenvalue weighted by Crippen LogP contribution is -2.25. The van der Waals surface area contributed by atoms with E-state index in [9.17, 15) is 24.1 Å². The Morgan fingerprint density at radius 3 is 2.61 bits per heavy atom. The molecule has 1 heterocycles. The number of nitro groups is 1. The molecule has 0 aliphatic carbocycles. The van der Waals surface area contributed by atoms with E-state index in [1.807, 2.05) is 27.6 Å². The van der Waals surface area contributed by atoms with Crippen molar-refractivity contribution in [2.75, 3.05) is 7.11 Å². The molecule has 2 aromatic carbocycles. The number of nitrogens with zero attached hydrogens (tertiary/aromatic N) is 1. The molecule has 0 unspecified atom stereocenters. The largest absolute Gasteiger partial charge is 0.493 e. The van der Waals surface area contributed by atoms with Gasteiger partial charge in [-0.1, -0.05) is 24.3 Å². The van der Waals surface area contributed by atoms with Crippen molar-refractivity contribution in [3.05, 3.63) is 93.6 Å². The lowest BCUT2D eigenvalue weighted by molar-refractivity contribution is -0.386. The van der Waals surface area contributed by atoms with Crippen molar-refractivity contribution >= 4 is 40.4 Å². The van der Waals surface area contributed by atoms with Gasteiger partial charge in [-0.25, -0.2) is 9.18 Å². The number of aromatic amines is 2. The standard InChI is InChI=1S/C20H15FIN3O6/c1-30-16-9-11(6-7-15-17(25(28)29)19(26)24-20(27)23-15)8-14(22)18(16)31-10-12-4-2-3-5-13(12)21/h2-9H,10H2,1H3,(H2,23,24,26,27). The molecule has 0 spiro atoms. The molecular weight excluding hydrogens is 524 g/mol. The molecule has 0 saturated heterocycles. The fourth-order valence-corrected chi connectivity index (χ4v) is 3.50. The SMILES string of the molecule is COc1cc(C=Cc2[nH]c(=O)[nH]c(=O)c2[N+](=O)[O-])cc(I)c1OCc1ccccc1F. The number of hydrogen-bond donors (Lipinski definition) is 2. The normalized spacial score (nSPS) is 10.9. The molecule has 0 amide bonds.